The van der Waals surface area contributed by atoms with Gasteiger partial charge in [-0.05, 0) is 43.0 Å². The number of amides is 1. The van der Waals surface area contributed by atoms with Crippen LogP contribution in [0, 0.1) is 5.92 Å². The van der Waals surface area contributed by atoms with Crippen LogP contribution in [0.15, 0.2) is 42.1 Å². The molecule has 0 radical (unpaired) electrons. The first-order chi connectivity index (χ1) is 13.0. The first kappa shape index (κ1) is 19.5. The molecule has 1 amide bonds. The van der Waals surface area contributed by atoms with Crippen LogP contribution < -0.4 is 10.1 Å². The van der Waals surface area contributed by atoms with Gasteiger partial charge in [-0.15, -0.1) is 16.8 Å². The first-order valence-corrected chi connectivity index (χ1v) is 10.1. The fourth-order valence-corrected chi connectivity index (χ4v) is 3.87. The largest absolute Gasteiger partial charge is 0.497 e. The number of thioether (sulfide) groups is 1. The molecule has 27 heavy (non-hydrogen) atoms. The first-order valence-electron chi connectivity index (χ1n) is 9.19. The maximum Gasteiger partial charge on any atom is 0.238 e. The summed E-state index contributed by atoms with van der Waals surface area (Å²) >= 11 is 1.47. The van der Waals surface area contributed by atoms with Gasteiger partial charge in [0.15, 0.2) is 5.16 Å². The third-order valence-corrected chi connectivity index (χ3v) is 5.98. The van der Waals surface area contributed by atoms with Gasteiger partial charge in [0.2, 0.25) is 5.91 Å². The number of benzene rings is 1. The normalized spacial score (nSPS) is 14.8. The van der Waals surface area contributed by atoms with E-state index in [0.717, 1.165) is 35.3 Å². The molecule has 0 bridgehead atoms. The summed E-state index contributed by atoms with van der Waals surface area (Å²) in [4.78, 5) is 12.9. The van der Waals surface area contributed by atoms with Crippen molar-refractivity contribution in [2.45, 2.75) is 49.6 Å². The van der Waals surface area contributed by atoms with E-state index in [1.165, 1.54) is 11.8 Å². The summed E-state index contributed by atoms with van der Waals surface area (Å²) < 4.78 is 7.25. The third-order valence-electron chi connectivity index (χ3n) is 4.45. The molecule has 0 saturated heterocycles. The van der Waals surface area contributed by atoms with Gasteiger partial charge in [-0.2, -0.15) is 0 Å². The highest BCUT2D eigenvalue weighted by molar-refractivity contribution is 8.00. The minimum Gasteiger partial charge on any atom is -0.497 e. The van der Waals surface area contributed by atoms with Crippen LogP contribution in [0.25, 0.3) is 0 Å². The number of hydrogen-bond donors (Lipinski definition) is 1. The molecule has 1 fully saturated rings. The molecule has 2 aromatic rings. The van der Waals surface area contributed by atoms with Gasteiger partial charge in [0, 0.05) is 18.2 Å². The van der Waals surface area contributed by atoms with Crippen molar-refractivity contribution in [3.63, 3.8) is 0 Å². The maximum atomic E-state index is 12.9. The van der Waals surface area contributed by atoms with Crippen LogP contribution in [-0.4, -0.2) is 33.0 Å². The van der Waals surface area contributed by atoms with Crippen molar-refractivity contribution in [2.75, 3.05) is 12.4 Å². The molecule has 1 aromatic heterocycles. The molecule has 1 atom stereocenters. The Morgan fingerprint density at radius 3 is 2.63 bits per heavy atom. The highest BCUT2D eigenvalue weighted by Crippen LogP contribution is 2.40. The summed E-state index contributed by atoms with van der Waals surface area (Å²) in [5, 5.41) is 12.2. The van der Waals surface area contributed by atoms with Crippen molar-refractivity contribution in [1.29, 1.82) is 0 Å². The van der Waals surface area contributed by atoms with E-state index in [0.29, 0.717) is 12.5 Å². The second kappa shape index (κ2) is 8.61. The molecule has 1 unspecified atom stereocenters. The number of allylic oxidation sites excluding steroid dienone is 1. The molecule has 1 saturated carbocycles. The van der Waals surface area contributed by atoms with Crippen molar-refractivity contribution in [3.05, 3.63) is 42.7 Å². The topological polar surface area (TPSA) is 69.0 Å². The monoisotopic (exact) mass is 386 g/mol. The third kappa shape index (κ3) is 4.71. The average Bonchev–Trinajstić information content (AvgIpc) is 3.42. The number of aromatic nitrogens is 3. The number of nitrogens with one attached hydrogen (secondary N) is 1. The molecule has 1 aliphatic carbocycles. The number of nitrogens with zero attached hydrogens (tertiary/aromatic N) is 3. The van der Waals surface area contributed by atoms with Gasteiger partial charge >= 0.3 is 0 Å². The number of rotatable bonds is 9. The molecular weight excluding hydrogens is 360 g/mol. The summed E-state index contributed by atoms with van der Waals surface area (Å²) in [5.74, 6) is 2.37. The molecule has 0 aliphatic heterocycles. The molecule has 3 rings (SSSR count). The van der Waals surface area contributed by atoms with Gasteiger partial charge < -0.3 is 14.6 Å². The molecule has 0 spiro atoms. The van der Waals surface area contributed by atoms with Crippen molar-refractivity contribution in [2.24, 2.45) is 5.92 Å². The SMILES string of the molecule is C=CCn1c(SC(C(=O)Nc2ccc(OC)cc2)C(C)C)nnc1C1CC1. The van der Waals surface area contributed by atoms with Gasteiger partial charge in [0.1, 0.15) is 11.6 Å². The Balaban J connectivity index is 1.75. The van der Waals surface area contributed by atoms with Gasteiger partial charge in [0.25, 0.3) is 0 Å². The van der Waals surface area contributed by atoms with E-state index >= 15 is 0 Å². The van der Waals surface area contributed by atoms with Gasteiger partial charge in [-0.25, -0.2) is 0 Å². The zero-order chi connectivity index (χ0) is 19.4. The summed E-state index contributed by atoms with van der Waals surface area (Å²) in [6.07, 6.45) is 4.16. The molecule has 7 heteroatoms. The lowest BCUT2D eigenvalue weighted by Crippen LogP contribution is -2.30. The number of hydrogen-bond acceptors (Lipinski definition) is 5. The van der Waals surface area contributed by atoms with E-state index in [1.807, 2.05) is 44.2 Å². The Bertz CT molecular complexity index is 797. The van der Waals surface area contributed by atoms with Crippen molar-refractivity contribution in [1.82, 2.24) is 14.8 Å². The minimum absolute atomic E-state index is 0.0405. The van der Waals surface area contributed by atoms with Crippen molar-refractivity contribution in [3.8, 4) is 5.75 Å². The molecule has 6 nitrogen and oxygen atoms in total. The van der Waals surface area contributed by atoms with Gasteiger partial charge in [-0.1, -0.05) is 31.7 Å². The smallest absolute Gasteiger partial charge is 0.238 e. The number of methoxy groups -OCH3 is 1. The van der Waals surface area contributed by atoms with Crippen LogP contribution in [0.1, 0.15) is 38.4 Å². The van der Waals surface area contributed by atoms with E-state index in [1.54, 1.807) is 7.11 Å². The van der Waals surface area contributed by atoms with E-state index in [2.05, 4.69) is 26.7 Å². The molecule has 1 aliphatic rings. The Kier molecular flexibility index (Phi) is 6.21. The fourth-order valence-electron chi connectivity index (χ4n) is 2.83. The maximum absolute atomic E-state index is 12.9. The highest BCUT2D eigenvalue weighted by Gasteiger charge is 2.32. The molecule has 144 valence electrons. The molecule has 1 N–H and O–H groups in total. The lowest BCUT2D eigenvalue weighted by Gasteiger charge is -2.20. The van der Waals surface area contributed by atoms with E-state index in [-0.39, 0.29) is 17.1 Å². The predicted octanol–water partition coefficient (Wildman–Crippen LogP) is 4.11. The van der Waals surface area contributed by atoms with Crippen molar-refractivity contribution >= 4 is 23.4 Å². The minimum atomic E-state index is -0.271. The Hall–Kier alpha value is -2.28. The van der Waals surface area contributed by atoms with E-state index < -0.39 is 0 Å². The van der Waals surface area contributed by atoms with Crippen LogP contribution in [0.4, 0.5) is 5.69 Å². The summed E-state index contributed by atoms with van der Waals surface area (Å²) in [7, 11) is 1.62. The zero-order valence-electron chi connectivity index (χ0n) is 16.0. The van der Waals surface area contributed by atoms with E-state index in [4.69, 9.17) is 4.74 Å². The molecule has 1 heterocycles. The Morgan fingerprint density at radius 2 is 2.07 bits per heavy atom. The van der Waals surface area contributed by atoms with Crippen LogP contribution >= 0.6 is 11.8 Å². The molecular formula is C20H26N4O2S. The van der Waals surface area contributed by atoms with Crippen LogP contribution in [0.2, 0.25) is 0 Å². The van der Waals surface area contributed by atoms with Crippen molar-refractivity contribution < 1.29 is 9.53 Å². The number of anilines is 1. The van der Waals surface area contributed by atoms with Gasteiger partial charge in [0.05, 0.1) is 12.4 Å². The summed E-state index contributed by atoms with van der Waals surface area (Å²) in [6, 6.07) is 7.33. The lowest BCUT2D eigenvalue weighted by molar-refractivity contribution is -0.116. The lowest BCUT2D eigenvalue weighted by atomic mass is 10.1. The zero-order valence-corrected chi connectivity index (χ0v) is 16.8. The number of ether oxygens (including phenoxy) is 1. The standard InChI is InChI=1S/C20H26N4O2S/c1-5-12-24-18(14-6-7-14)22-23-20(24)27-17(13(2)3)19(25)21-15-8-10-16(26-4)11-9-15/h5,8-11,13-14,17H,1,6-7,12H2,2-4H3,(H,21,25). The summed E-state index contributed by atoms with van der Waals surface area (Å²) in [6.45, 7) is 8.59. The van der Waals surface area contributed by atoms with Crippen LogP contribution in [0.3, 0.4) is 0 Å². The Morgan fingerprint density at radius 1 is 1.37 bits per heavy atom. The quantitative estimate of drug-likeness (QED) is 0.519. The number of carbonyl (C=O) groups is 1. The fraction of sp³-hybridized carbons (Fsp3) is 0.450. The second-order valence-corrected chi connectivity index (χ2v) is 8.12. The van der Waals surface area contributed by atoms with E-state index in [9.17, 15) is 4.79 Å². The summed E-state index contributed by atoms with van der Waals surface area (Å²) in [5.41, 5.74) is 0.748. The Labute approximate surface area is 164 Å². The molecule has 1 aromatic carbocycles. The van der Waals surface area contributed by atoms with Crippen LogP contribution in [-0.2, 0) is 11.3 Å². The average molecular weight is 387 g/mol. The van der Waals surface area contributed by atoms with Crippen LogP contribution in [0.5, 0.6) is 5.75 Å². The highest BCUT2D eigenvalue weighted by atomic mass is 32.2. The predicted molar refractivity (Wildman–Crippen MR) is 108 cm³/mol. The second-order valence-electron chi connectivity index (χ2n) is 7.01. The van der Waals surface area contributed by atoms with Gasteiger partial charge in [-0.3, -0.25) is 4.79 Å². The number of carbonyl (C=O) groups excluding carboxylic acids is 1.